The van der Waals surface area contributed by atoms with E-state index in [2.05, 4.69) is 5.32 Å². The Bertz CT molecular complexity index is 897. The van der Waals surface area contributed by atoms with Crippen molar-refractivity contribution in [2.75, 3.05) is 33.3 Å². The number of anilines is 1. The first-order valence-electron chi connectivity index (χ1n) is 7.91. The molecule has 0 radical (unpaired) electrons. The number of hydrogen-bond acceptors (Lipinski definition) is 8. The number of hydrogen-bond donors (Lipinski definition) is 1. The average Bonchev–Trinajstić information content (AvgIpc) is 2.71. The number of ether oxygens (including phenoxy) is 4. The summed E-state index contributed by atoms with van der Waals surface area (Å²) in [6, 6.07) is 8.42. The molecule has 0 saturated heterocycles. The van der Waals surface area contributed by atoms with Gasteiger partial charge in [0.05, 0.1) is 26.3 Å². The maximum atomic E-state index is 12.3. The maximum absolute atomic E-state index is 12.3. The zero-order chi connectivity index (χ0) is 20.7. The van der Waals surface area contributed by atoms with Gasteiger partial charge in [0.1, 0.15) is 17.0 Å². The summed E-state index contributed by atoms with van der Waals surface area (Å²) in [5.41, 5.74) is -0.250. The number of amides is 1. The summed E-state index contributed by atoms with van der Waals surface area (Å²) in [5.74, 6) is -0.774. The number of carbonyl (C=O) groups is 2. The number of benzene rings is 2. The molecule has 0 aliphatic carbocycles. The van der Waals surface area contributed by atoms with Crippen LogP contribution in [-0.4, -0.2) is 44.7 Å². The fraction of sp³-hybridized carbons (Fsp3) is 0.222. The first-order chi connectivity index (χ1) is 13.4. The van der Waals surface area contributed by atoms with E-state index in [4.69, 9.17) is 18.9 Å². The van der Waals surface area contributed by atoms with Crippen molar-refractivity contribution in [3.8, 4) is 17.2 Å². The van der Waals surface area contributed by atoms with Gasteiger partial charge < -0.3 is 24.3 Å². The number of nitro groups is 1. The zero-order valence-electron chi connectivity index (χ0n) is 15.4. The summed E-state index contributed by atoms with van der Waals surface area (Å²) in [6.07, 6.45) is 0. The van der Waals surface area contributed by atoms with Crippen molar-refractivity contribution in [3.05, 3.63) is 52.1 Å². The fourth-order valence-electron chi connectivity index (χ4n) is 2.32. The first-order valence-corrected chi connectivity index (χ1v) is 7.91. The van der Waals surface area contributed by atoms with Crippen molar-refractivity contribution in [2.45, 2.75) is 0 Å². The summed E-state index contributed by atoms with van der Waals surface area (Å²) in [4.78, 5) is 34.7. The molecule has 0 atom stereocenters. The number of esters is 1. The topological polar surface area (TPSA) is 126 Å². The molecule has 28 heavy (non-hydrogen) atoms. The average molecular weight is 390 g/mol. The Hall–Kier alpha value is -3.82. The lowest BCUT2D eigenvalue weighted by Gasteiger charge is -2.13. The van der Waals surface area contributed by atoms with Crippen LogP contribution in [0.15, 0.2) is 36.4 Å². The second-order valence-electron chi connectivity index (χ2n) is 5.31. The highest BCUT2D eigenvalue weighted by Crippen LogP contribution is 2.35. The molecule has 0 aliphatic rings. The number of rotatable bonds is 8. The van der Waals surface area contributed by atoms with Crippen LogP contribution in [0, 0.1) is 10.1 Å². The third-order valence-electron chi connectivity index (χ3n) is 3.63. The molecule has 0 bridgehead atoms. The molecule has 2 aromatic rings. The second-order valence-corrected chi connectivity index (χ2v) is 5.31. The van der Waals surface area contributed by atoms with Crippen LogP contribution in [0.5, 0.6) is 17.2 Å². The van der Waals surface area contributed by atoms with Gasteiger partial charge in [-0.1, -0.05) is 12.1 Å². The van der Waals surface area contributed by atoms with Crippen LogP contribution in [0.1, 0.15) is 10.4 Å². The van der Waals surface area contributed by atoms with Gasteiger partial charge in [-0.3, -0.25) is 14.9 Å². The molecule has 2 rings (SSSR count). The molecule has 0 aliphatic heterocycles. The van der Waals surface area contributed by atoms with E-state index in [0.29, 0.717) is 5.75 Å². The minimum atomic E-state index is -0.837. The minimum Gasteiger partial charge on any atom is -0.496 e. The molecule has 1 amide bonds. The minimum absolute atomic E-state index is 0.00255. The van der Waals surface area contributed by atoms with E-state index < -0.39 is 23.4 Å². The maximum Gasteiger partial charge on any atom is 0.342 e. The highest BCUT2D eigenvalue weighted by molar-refractivity contribution is 5.98. The Balaban J connectivity index is 2.10. The summed E-state index contributed by atoms with van der Waals surface area (Å²) in [7, 11) is 4.20. The van der Waals surface area contributed by atoms with Crippen LogP contribution in [0.25, 0.3) is 0 Å². The molecule has 2 aromatic carbocycles. The fourth-order valence-corrected chi connectivity index (χ4v) is 2.32. The molecular weight excluding hydrogens is 372 g/mol. The Morgan fingerprint density at radius 1 is 1.00 bits per heavy atom. The van der Waals surface area contributed by atoms with Crippen LogP contribution in [0.4, 0.5) is 11.4 Å². The zero-order valence-corrected chi connectivity index (χ0v) is 15.4. The van der Waals surface area contributed by atoms with Gasteiger partial charge in [-0.15, -0.1) is 0 Å². The van der Waals surface area contributed by atoms with Crippen molar-refractivity contribution in [1.82, 2.24) is 0 Å². The number of para-hydroxylation sites is 2. The van der Waals surface area contributed by atoms with Crippen LogP contribution in [0.2, 0.25) is 0 Å². The van der Waals surface area contributed by atoms with Crippen molar-refractivity contribution < 1.29 is 33.5 Å². The number of nitrogens with one attached hydrogen (secondary N) is 1. The van der Waals surface area contributed by atoms with Crippen LogP contribution >= 0.6 is 0 Å². The lowest BCUT2D eigenvalue weighted by Crippen LogP contribution is -2.21. The molecule has 0 unspecified atom stereocenters. The monoisotopic (exact) mass is 390 g/mol. The third-order valence-corrected chi connectivity index (χ3v) is 3.63. The molecule has 0 fully saturated rings. The highest BCUT2D eigenvalue weighted by Gasteiger charge is 2.21. The second kappa shape index (κ2) is 9.21. The van der Waals surface area contributed by atoms with E-state index in [-0.39, 0.29) is 28.4 Å². The number of carbonyl (C=O) groups excluding carboxylic acids is 2. The Labute approximate surface area is 160 Å². The highest BCUT2D eigenvalue weighted by atomic mass is 16.6. The molecular formula is C18H18N2O8. The van der Waals surface area contributed by atoms with Gasteiger partial charge in [0.2, 0.25) is 0 Å². The Morgan fingerprint density at radius 2 is 1.61 bits per heavy atom. The van der Waals surface area contributed by atoms with Gasteiger partial charge in [-0.25, -0.2) is 4.79 Å². The number of nitro benzene ring substituents is 1. The Kier molecular flexibility index (Phi) is 6.74. The Morgan fingerprint density at radius 3 is 2.21 bits per heavy atom. The summed E-state index contributed by atoms with van der Waals surface area (Å²) < 4.78 is 20.4. The van der Waals surface area contributed by atoms with Crippen LogP contribution in [-0.2, 0) is 9.53 Å². The first kappa shape index (κ1) is 20.5. The molecule has 10 nitrogen and oxygen atoms in total. The predicted octanol–water partition coefficient (Wildman–Crippen LogP) is 2.42. The lowest BCUT2D eigenvalue weighted by atomic mass is 10.1. The van der Waals surface area contributed by atoms with E-state index >= 15 is 0 Å². The molecule has 10 heteroatoms. The molecule has 0 heterocycles. The summed E-state index contributed by atoms with van der Waals surface area (Å²) in [5, 5.41) is 13.3. The standard InChI is InChI=1S/C18H18N2O8/c1-25-14-9-16(27-3)15(26-2)8-11(14)18(22)28-10-17(21)19-12-6-4-5-7-13(12)20(23)24/h4-9H,10H2,1-3H3,(H,19,21). The summed E-state index contributed by atoms with van der Waals surface area (Å²) >= 11 is 0. The van der Waals surface area contributed by atoms with Gasteiger partial charge in [0.15, 0.2) is 18.1 Å². The largest absolute Gasteiger partial charge is 0.496 e. The third kappa shape index (κ3) is 4.67. The van der Waals surface area contributed by atoms with Gasteiger partial charge in [0, 0.05) is 18.2 Å². The van der Waals surface area contributed by atoms with Crippen molar-refractivity contribution >= 4 is 23.3 Å². The smallest absolute Gasteiger partial charge is 0.342 e. The predicted molar refractivity (Wildman–Crippen MR) is 98.1 cm³/mol. The number of methoxy groups -OCH3 is 3. The van der Waals surface area contributed by atoms with E-state index in [0.717, 1.165) is 0 Å². The molecule has 0 aromatic heterocycles. The molecule has 148 valence electrons. The molecule has 1 N–H and O–H groups in total. The van der Waals surface area contributed by atoms with E-state index in [1.54, 1.807) is 0 Å². The SMILES string of the molecule is COc1cc(OC)c(C(=O)OCC(=O)Nc2ccccc2[N+](=O)[O-])cc1OC. The van der Waals surface area contributed by atoms with Gasteiger partial charge in [-0.05, 0) is 6.07 Å². The van der Waals surface area contributed by atoms with Crippen LogP contribution in [0.3, 0.4) is 0 Å². The van der Waals surface area contributed by atoms with Gasteiger partial charge in [0.25, 0.3) is 11.6 Å². The normalized spacial score (nSPS) is 9.96. The van der Waals surface area contributed by atoms with E-state index in [1.165, 1.54) is 57.7 Å². The quantitative estimate of drug-likeness (QED) is 0.414. The molecule has 0 saturated carbocycles. The van der Waals surface area contributed by atoms with E-state index in [9.17, 15) is 19.7 Å². The van der Waals surface area contributed by atoms with Gasteiger partial charge in [-0.2, -0.15) is 0 Å². The number of nitrogens with zero attached hydrogens (tertiary/aromatic N) is 1. The van der Waals surface area contributed by atoms with Gasteiger partial charge >= 0.3 is 5.97 Å². The van der Waals surface area contributed by atoms with Crippen molar-refractivity contribution in [2.24, 2.45) is 0 Å². The van der Waals surface area contributed by atoms with Crippen molar-refractivity contribution in [3.63, 3.8) is 0 Å². The van der Waals surface area contributed by atoms with E-state index in [1.807, 2.05) is 0 Å². The summed E-state index contributed by atoms with van der Waals surface area (Å²) in [6.45, 7) is -0.650. The van der Waals surface area contributed by atoms with Crippen molar-refractivity contribution in [1.29, 1.82) is 0 Å². The lowest BCUT2D eigenvalue weighted by molar-refractivity contribution is -0.383. The molecule has 0 spiro atoms. The van der Waals surface area contributed by atoms with Crippen LogP contribution < -0.4 is 19.5 Å².